The van der Waals surface area contributed by atoms with Crippen LogP contribution in [0.3, 0.4) is 0 Å². The molecule has 2 rings (SSSR count). The number of benzene rings is 1. The fourth-order valence-electron chi connectivity index (χ4n) is 2.52. The van der Waals surface area contributed by atoms with E-state index in [1.807, 2.05) is 18.2 Å². The number of nitrogens with two attached hydrogens (primary N) is 1. The largest absolute Gasteiger partial charge is 0.493 e. The number of aromatic nitrogens is 2. The highest BCUT2D eigenvalue weighted by molar-refractivity contribution is 7.99. The molecule has 0 bridgehead atoms. The lowest BCUT2D eigenvalue weighted by molar-refractivity contribution is -0.119. The van der Waals surface area contributed by atoms with Crippen LogP contribution in [0.15, 0.2) is 29.6 Å². The predicted molar refractivity (Wildman–Crippen MR) is 104 cm³/mol. The lowest BCUT2D eigenvalue weighted by Crippen LogP contribution is -2.27. The first kappa shape index (κ1) is 21.6. The molecule has 0 saturated carbocycles. The van der Waals surface area contributed by atoms with Gasteiger partial charge in [-0.15, -0.1) is 0 Å². The van der Waals surface area contributed by atoms with Crippen LogP contribution in [-0.4, -0.2) is 53.0 Å². The Morgan fingerprint density at radius 3 is 2.68 bits per heavy atom. The number of primary amides is 1. The van der Waals surface area contributed by atoms with Gasteiger partial charge in [0.05, 0.1) is 38.5 Å². The molecular weight excluding hydrogens is 384 g/mol. The average Bonchev–Trinajstić information content (AvgIpc) is 3.07. The van der Waals surface area contributed by atoms with Gasteiger partial charge in [-0.2, -0.15) is 0 Å². The minimum absolute atomic E-state index is 0.0981. The highest BCUT2D eigenvalue weighted by Gasteiger charge is 2.13. The molecule has 1 aromatic carbocycles. The molecule has 0 fully saturated rings. The van der Waals surface area contributed by atoms with Crippen LogP contribution in [0.25, 0.3) is 0 Å². The van der Waals surface area contributed by atoms with Crippen molar-refractivity contribution in [3.8, 4) is 11.5 Å². The molecule has 1 heterocycles. The Balaban J connectivity index is 1.84. The quantitative estimate of drug-likeness (QED) is 0.457. The SMILES string of the molecule is COc1ccc(CCNC(=O)CSc2ncc(CO)n2CC(N)=O)cc1OC. The molecule has 10 heteroatoms. The van der Waals surface area contributed by atoms with Crippen LogP contribution in [0.1, 0.15) is 11.3 Å². The summed E-state index contributed by atoms with van der Waals surface area (Å²) >= 11 is 1.17. The second-order valence-electron chi connectivity index (χ2n) is 5.82. The van der Waals surface area contributed by atoms with Gasteiger partial charge in [0.25, 0.3) is 0 Å². The summed E-state index contributed by atoms with van der Waals surface area (Å²) in [5.74, 6) is 0.717. The van der Waals surface area contributed by atoms with Gasteiger partial charge in [-0.25, -0.2) is 4.98 Å². The van der Waals surface area contributed by atoms with Crippen molar-refractivity contribution >= 4 is 23.6 Å². The maximum absolute atomic E-state index is 12.1. The van der Waals surface area contributed by atoms with Crippen LogP contribution in [0.2, 0.25) is 0 Å². The Bertz CT molecular complexity index is 824. The average molecular weight is 408 g/mol. The number of hydrogen-bond donors (Lipinski definition) is 3. The number of nitrogens with one attached hydrogen (secondary N) is 1. The molecule has 28 heavy (non-hydrogen) atoms. The number of amides is 2. The summed E-state index contributed by atoms with van der Waals surface area (Å²) in [7, 11) is 3.15. The van der Waals surface area contributed by atoms with Crippen LogP contribution in [0.5, 0.6) is 11.5 Å². The molecule has 0 aliphatic heterocycles. The molecule has 0 radical (unpaired) electrons. The van der Waals surface area contributed by atoms with Crippen molar-refractivity contribution < 1.29 is 24.2 Å². The van der Waals surface area contributed by atoms with Crippen molar-refractivity contribution in [1.29, 1.82) is 0 Å². The third-order valence-electron chi connectivity index (χ3n) is 3.89. The molecule has 2 amide bonds. The van der Waals surface area contributed by atoms with E-state index >= 15 is 0 Å². The molecule has 9 nitrogen and oxygen atoms in total. The number of ether oxygens (including phenoxy) is 2. The van der Waals surface area contributed by atoms with Crippen molar-refractivity contribution in [2.24, 2.45) is 5.73 Å². The summed E-state index contributed by atoms with van der Waals surface area (Å²) in [4.78, 5) is 27.4. The van der Waals surface area contributed by atoms with Crippen molar-refractivity contribution in [3.05, 3.63) is 35.7 Å². The van der Waals surface area contributed by atoms with Crippen molar-refractivity contribution in [2.75, 3.05) is 26.5 Å². The number of carbonyl (C=O) groups is 2. The highest BCUT2D eigenvalue weighted by Crippen LogP contribution is 2.27. The number of thioether (sulfide) groups is 1. The summed E-state index contributed by atoms with van der Waals surface area (Å²) in [6.07, 6.45) is 2.10. The Morgan fingerprint density at radius 2 is 2.04 bits per heavy atom. The van der Waals surface area contributed by atoms with E-state index in [0.717, 1.165) is 5.56 Å². The zero-order chi connectivity index (χ0) is 20.5. The first-order valence-electron chi connectivity index (χ1n) is 8.52. The van der Waals surface area contributed by atoms with Crippen LogP contribution in [0.4, 0.5) is 0 Å². The number of imidazole rings is 1. The van der Waals surface area contributed by atoms with Gasteiger partial charge in [0.15, 0.2) is 16.7 Å². The first-order chi connectivity index (χ1) is 13.5. The Morgan fingerprint density at radius 1 is 1.29 bits per heavy atom. The molecule has 4 N–H and O–H groups in total. The molecule has 0 spiro atoms. The fraction of sp³-hybridized carbons (Fsp3) is 0.389. The van der Waals surface area contributed by atoms with E-state index in [-0.39, 0.29) is 24.8 Å². The molecule has 1 aromatic heterocycles. The lowest BCUT2D eigenvalue weighted by Gasteiger charge is -2.10. The van der Waals surface area contributed by atoms with Gasteiger partial charge in [-0.3, -0.25) is 9.59 Å². The van der Waals surface area contributed by atoms with Crippen LogP contribution in [-0.2, 0) is 29.2 Å². The predicted octanol–water partition coefficient (Wildman–Crippen LogP) is 0.329. The molecule has 2 aromatic rings. The normalized spacial score (nSPS) is 10.5. The Labute approximate surface area is 167 Å². The summed E-state index contributed by atoms with van der Waals surface area (Å²) in [5.41, 5.74) is 6.69. The molecule has 0 unspecified atom stereocenters. The van der Waals surface area contributed by atoms with Crippen molar-refractivity contribution in [1.82, 2.24) is 14.9 Å². The number of aliphatic hydroxyl groups excluding tert-OH is 1. The van der Waals surface area contributed by atoms with E-state index in [0.29, 0.717) is 35.3 Å². The van der Waals surface area contributed by atoms with E-state index in [4.69, 9.17) is 15.2 Å². The van der Waals surface area contributed by atoms with Crippen molar-refractivity contribution in [2.45, 2.75) is 24.7 Å². The molecule has 0 aliphatic carbocycles. The summed E-state index contributed by atoms with van der Waals surface area (Å²) in [6.45, 7) is 0.101. The van der Waals surface area contributed by atoms with E-state index in [2.05, 4.69) is 10.3 Å². The number of methoxy groups -OCH3 is 2. The van der Waals surface area contributed by atoms with Crippen LogP contribution < -0.4 is 20.5 Å². The summed E-state index contributed by atoms with van der Waals surface area (Å²) in [6, 6.07) is 5.61. The smallest absolute Gasteiger partial charge is 0.237 e. The molecule has 0 saturated heterocycles. The zero-order valence-corrected chi connectivity index (χ0v) is 16.6. The standard InChI is InChI=1S/C18H24N4O5S/c1-26-14-4-3-12(7-15(14)27-2)5-6-20-17(25)11-28-18-21-8-13(10-23)22(18)9-16(19)24/h3-4,7-8,23H,5-6,9-11H2,1-2H3,(H2,19,24)(H,20,25). The topological polar surface area (TPSA) is 129 Å². The third kappa shape index (κ3) is 5.89. The minimum atomic E-state index is -0.547. The summed E-state index contributed by atoms with van der Waals surface area (Å²) in [5, 5.41) is 12.6. The Kier molecular flexibility index (Phi) is 8.15. The molecule has 0 atom stereocenters. The number of rotatable bonds is 11. The molecular formula is C18H24N4O5S. The second kappa shape index (κ2) is 10.6. The number of nitrogens with zero attached hydrogens (tertiary/aromatic N) is 2. The number of carbonyl (C=O) groups excluding carboxylic acids is 2. The van der Waals surface area contributed by atoms with E-state index in [9.17, 15) is 14.7 Å². The molecule has 0 aliphatic rings. The van der Waals surface area contributed by atoms with E-state index in [1.165, 1.54) is 22.5 Å². The maximum Gasteiger partial charge on any atom is 0.237 e. The zero-order valence-electron chi connectivity index (χ0n) is 15.8. The lowest BCUT2D eigenvalue weighted by atomic mass is 10.1. The third-order valence-corrected chi connectivity index (χ3v) is 4.88. The maximum atomic E-state index is 12.1. The second-order valence-corrected chi connectivity index (χ2v) is 6.76. The van der Waals surface area contributed by atoms with Gasteiger partial charge in [0.2, 0.25) is 11.8 Å². The van der Waals surface area contributed by atoms with Crippen molar-refractivity contribution in [3.63, 3.8) is 0 Å². The number of hydrogen-bond acceptors (Lipinski definition) is 7. The van der Waals surface area contributed by atoms with E-state index < -0.39 is 5.91 Å². The summed E-state index contributed by atoms with van der Waals surface area (Å²) < 4.78 is 12.0. The minimum Gasteiger partial charge on any atom is -0.493 e. The number of aliphatic hydroxyl groups is 1. The van der Waals surface area contributed by atoms with Gasteiger partial charge in [-0.05, 0) is 24.1 Å². The van der Waals surface area contributed by atoms with Gasteiger partial charge in [0.1, 0.15) is 6.54 Å². The Hall–Kier alpha value is -2.72. The molecule has 152 valence electrons. The van der Waals surface area contributed by atoms with Gasteiger partial charge >= 0.3 is 0 Å². The van der Waals surface area contributed by atoms with Gasteiger partial charge in [0, 0.05) is 6.54 Å². The van der Waals surface area contributed by atoms with E-state index in [1.54, 1.807) is 14.2 Å². The highest BCUT2D eigenvalue weighted by atomic mass is 32.2. The van der Waals surface area contributed by atoms with Crippen LogP contribution in [0, 0.1) is 0 Å². The monoisotopic (exact) mass is 408 g/mol. The fourth-order valence-corrected chi connectivity index (χ4v) is 3.35. The van der Waals surface area contributed by atoms with Gasteiger partial charge < -0.3 is 30.2 Å². The first-order valence-corrected chi connectivity index (χ1v) is 9.51. The van der Waals surface area contributed by atoms with Gasteiger partial charge in [-0.1, -0.05) is 17.8 Å². The van der Waals surface area contributed by atoms with Crippen LogP contribution >= 0.6 is 11.8 Å².